The van der Waals surface area contributed by atoms with Crippen molar-refractivity contribution in [1.82, 2.24) is 19.2 Å². The zero-order valence-corrected chi connectivity index (χ0v) is 23.6. The first-order chi connectivity index (χ1) is 18.9. The van der Waals surface area contributed by atoms with E-state index in [1.54, 1.807) is 15.9 Å². The van der Waals surface area contributed by atoms with Crippen LogP contribution < -0.4 is 10.9 Å². The highest BCUT2D eigenvalue weighted by Crippen LogP contribution is 2.37. The van der Waals surface area contributed by atoms with Crippen LogP contribution in [-0.2, 0) is 29.1 Å². The Morgan fingerprint density at radius 1 is 1.10 bits per heavy atom. The molecule has 0 bridgehead atoms. The highest BCUT2D eigenvalue weighted by molar-refractivity contribution is 8.00. The van der Waals surface area contributed by atoms with E-state index >= 15 is 0 Å². The number of nitrogens with zero attached hydrogens (tertiary/aromatic N) is 4. The van der Waals surface area contributed by atoms with Gasteiger partial charge in [-0.1, -0.05) is 74.1 Å². The zero-order valence-electron chi connectivity index (χ0n) is 22.0. The maximum Gasteiger partial charge on any atom is 0.264 e. The molecule has 0 unspecified atom stereocenters. The fraction of sp³-hybridized carbons (Fsp3) is 0.310. The van der Waals surface area contributed by atoms with E-state index in [1.165, 1.54) is 11.8 Å². The lowest BCUT2D eigenvalue weighted by Crippen LogP contribution is -2.28. The second kappa shape index (κ2) is 10.6. The minimum Gasteiger partial charge on any atom is -0.372 e. The molecule has 0 aliphatic carbocycles. The van der Waals surface area contributed by atoms with Crippen molar-refractivity contribution in [2.24, 2.45) is 5.92 Å². The molecule has 0 fully saturated rings. The summed E-state index contributed by atoms with van der Waals surface area (Å²) in [6.45, 7) is 7.00. The Bertz CT molecular complexity index is 1710. The highest BCUT2D eigenvalue weighted by Gasteiger charge is 2.30. The van der Waals surface area contributed by atoms with Gasteiger partial charge in [0, 0.05) is 17.0 Å². The number of amides is 1. The fourth-order valence-electron chi connectivity index (χ4n) is 4.88. The summed E-state index contributed by atoms with van der Waals surface area (Å²) in [4.78, 5) is 29.0. The molecule has 2 aromatic carbocycles. The maximum absolute atomic E-state index is 14.1. The third-order valence-electron chi connectivity index (χ3n) is 7.05. The van der Waals surface area contributed by atoms with E-state index in [2.05, 4.69) is 29.4 Å². The van der Waals surface area contributed by atoms with E-state index in [0.29, 0.717) is 41.8 Å². The van der Waals surface area contributed by atoms with Crippen molar-refractivity contribution < 1.29 is 9.53 Å². The molecule has 0 saturated heterocycles. The minimum atomic E-state index is -0.439. The predicted molar refractivity (Wildman–Crippen MR) is 156 cm³/mol. The molecule has 0 saturated carbocycles. The lowest BCUT2D eigenvalue weighted by molar-refractivity contribution is -0.115. The molecular formula is C29H29N5O3S2. The largest absolute Gasteiger partial charge is 0.372 e. The molecule has 1 N–H and O–H groups in total. The van der Waals surface area contributed by atoms with Crippen LogP contribution in [0.4, 0.5) is 5.69 Å². The van der Waals surface area contributed by atoms with Crippen molar-refractivity contribution in [1.29, 1.82) is 0 Å². The van der Waals surface area contributed by atoms with Gasteiger partial charge in [-0.2, -0.15) is 0 Å². The Hall–Kier alpha value is -3.47. The molecule has 8 nitrogen and oxygen atoms in total. The monoisotopic (exact) mass is 559 g/mol. The van der Waals surface area contributed by atoms with Crippen molar-refractivity contribution in [3.63, 3.8) is 0 Å². The number of nitrogens with one attached hydrogen (secondary N) is 1. The smallest absolute Gasteiger partial charge is 0.264 e. The summed E-state index contributed by atoms with van der Waals surface area (Å²) in [5.41, 5.74) is 2.74. The molecule has 4 heterocycles. The number of ether oxygens (including phenoxy) is 1. The van der Waals surface area contributed by atoms with Gasteiger partial charge in [0.05, 0.1) is 29.9 Å². The molecule has 3 aromatic heterocycles. The van der Waals surface area contributed by atoms with Gasteiger partial charge in [-0.3, -0.25) is 14.2 Å². The Labute approximate surface area is 234 Å². The number of thioether (sulfide) groups is 1. The Balaban J connectivity index is 1.46. The van der Waals surface area contributed by atoms with Crippen LogP contribution in [0.5, 0.6) is 0 Å². The molecule has 1 aliphatic rings. The Morgan fingerprint density at radius 3 is 2.54 bits per heavy atom. The number of carbonyl (C=O) groups excluding carboxylic acids is 1. The topological polar surface area (TPSA) is 90.5 Å². The quantitative estimate of drug-likeness (QED) is 0.270. The third kappa shape index (κ3) is 4.88. The number of hydrogen-bond donors (Lipinski definition) is 1. The number of rotatable bonds is 7. The van der Waals surface area contributed by atoms with E-state index in [9.17, 15) is 9.59 Å². The van der Waals surface area contributed by atoms with Crippen molar-refractivity contribution >= 4 is 50.7 Å². The van der Waals surface area contributed by atoms with E-state index in [1.807, 2.05) is 72.0 Å². The molecule has 1 aliphatic heterocycles. The standard InChI is InChI=1S/C29H29N5O3S2/c1-17(2)22-14-21-23(16-37-22)39-27-24(21)26(36)33(15-19-10-6-4-7-11-19)28-31-32-29(34(27)28)38-18(3)25(35)30-20-12-8-5-9-13-20/h4-13,17-18,22H,14-16H2,1-3H3,(H,30,35)/t18-,22+/m0/s1. The van der Waals surface area contributed by atoms with Crippen molar-refractivity contribution in [2.45, 2.75) is 56.9 Å². The average Bonchev–Trinajstić information content (AvgIpc) is 3.53. The number of thiophene rings is 1. The van der Waals surface area contributed by atoms with Gasteiger partial charge < -0.3 is 10.1 Å². The zero-order chi connectivity index (χ0) is 27.1. The van der Waals surface area contributed by atoms with Gasteiger partial charge in [0.1, 0.15) is 4.83 Å². The number of fused-ring (bicyclic) bond motifs is 5. The van der Waals surface area contributed by atoms with Crippen molar-refractivity contribution in [3.8, 4) is 0 Å². The van der Waals surface area contributed by atoms with Crippen LogP contribution >= 0.6 is 23.1 Å². The van der Waals surface area contributed by atoms with E-state index in [4.69, 9.17) is 4.74 Å². The molecule has 0 spiro atoms. The molecule has 39 heavy (non-hydrogen) atoms. The van der Waals surface area contributed by atoms with Crippen LogP contribution in [0.2, 0.25) is 0 Å². The van der Waals surface area contributed by atoms with E-state index in [0.717, 1.165) is 26.5 Å². The van der Waals surface area contributed by atoms with Crippen LogP contribution in [-0.4, -0.2) is 36.4 Å². The first kappa shape index (κ1) is 25.8. The summed E-state index contributed by atoms with van der Waals surface area (Å²) in [5.74, 6) is 0.679. The summed E-state index contributed by atoms with van der Waals surface area (Å²) in [5, 5.41) is 12.8. The number of hydrogen-bond acceptors (Lipinski definition) is 7. The number of benzene rings is 2. The Kier molecular flexibility index (Phi) is 7.01. The first-order valence-electron chi connectivity index (χ1n) is 13.0. The van der Waals surface area contributed by atoms with Crippen molar-refractivity contribution in [3.05, 3.63) is 87.0 Å². The van der Waals surface area contributed by atoms with Gasteiger partial charge in [-0.05, 0) is 36.1 Å². The molecule has 0 radical (unpaired) electrons. The van der Waals surface area contributed by atoms with Crippen LogP contribution in [0.15, 0.2) is 70.6 Å². The second-order valence-electron chi connectivity index (χ2n) is 10.1. The predicted octanol–water partition coefficient (Wildman–Crippen LogP) is 5.37. The summed E-state index contributed by atoms with van der Waals surface area (Å²) in [6.07, 6.45) is 0.754. The fourth-order valence-corrected chi connectivity index (χ4v) is 7.03. The van der Waals surface area contributed by atoms with E-state index in [-0.39, 0.29) is 17.6 Å². The lowest BCUT2D eigenvalue weighted by Gasteiger charge is -2.26. The first-order valence-corrected chi connectivity index (χ1v) is 14.7. The number of carbonyl (C=O) groups is 1. The van der Waals surface area contributed by atoms with Crippen LogP contribution in [0.25, 0.3) is 16.0 Å². The summed E-state index contributed by atoms with van der Waals surface area (Å²) in [7, 11) is 0. The third-order valence-corrected chi connectivity index (χ3v) is 9.28. The van der Waals surface area contributed by atoms with Gasteiger partial charge in [-0.15, -0.1) is 21.5 Å². The number of aromatic nitrogens is 4. The molecule has 200 valence electrons. The summed E-state index contributed by atoms with van der Waals surface area (Å²) < 4.78 is 9.79. The summed E-state index contributed by atoms with van der Waals surface area (Å²) >= 11 is 2.89. The SMILES string of the molecule is CC(C)[C@H]1Cc2c(sc3c2c(=O)n(Cc2ccccc2)c2nnc(S[C@@H](C)C(=O)Nc4ccccc4)n32)CO1. The molecule has 2 atom stereocenters. The Morgan fingerprint density at radius 2 is 1.82 bits per heavy atom. The number of anilines is 1. The van der Waals surface area contributed by atoms with Gasteiger partial charge in [0.2, 0.25) is 11.7 Å². The van der Waals surface area contributed by atoms with Crippen LogP contribution in [0.3, 0.4) is 0 Å². The lowest BCUT2D eigenvalue weighted by atomic mass is 9.96. The molecular weight excluding hydrogens is 530 g/mol. The highest BCUT2D eigenvalue weighted by atomic mass is 32.2. The molecule has 1 amide bonds. The maximum atomic E-state index is 14.1. The van der Waals surface area contributed by atoms with Gasteiger partial charge in [0.15, 0.2) is 5.16 Å². The minimum absolute atomic E-state index is 0.0597. The molecule has 10 heteroatoms. The second-order valence-corrected chi connectivity index (χ2v) is 12.5. The van der Waals surface area contributed by atoms with Crippen LogP contribution in [0, 0.1) is 5.92 Å². The van der Waals surface area contributed by atoms with Gasteiger partial charge in [0.25, 0.3) is 5.56 Å². The molecule has 6 rings (SSSR count). The van der Waals surface area contributed by atoms with Gasteiger partial charge in [-0.25, -0.2) is 4.40 Å². The van der Waals surface area contributed by atoms with E-state index < -0.39 is 5.25 Å². The van der Waals surface area contributed by atoms with Gasteiger partial charge >= 0.3 is 0 Å². The van der Waals surface area contributed by atoms with Crippen molar-refractivity contribution in [2.75, 3.05) is 5.32 Å². The number of para-hydroxylation sites is 1. The molecule has 5 aromatic rings. The average molecular weight is 560 g/mol. The van der Waals surface area contributed by atoms with Crippen LogP contribution in [0.1, 0.15) is 36.8 Å². The normalized spacial score (nSPS) is 16.1. The summed E-state index contributed by atoms with van der Waals surface area (Å²) in [6, 6.07) is 19.3.